The summed E-state index contributed by atoms with van der Waals surface area (Å²) in [7, 11) is 0. The van der Waals surface area contributed by atoms with Crippen molar-refractivity contribution in [2.24, 2.45) is 0 Å². The molecule has 1 atom stereocenters. The third kappa shape index (κ3) is 2.07. The van der Waals surface area contributed by atoms with Gasteiger partial charge in [-0.2, -0.15) is 0 Å². The van der Waals surface area contributed by atoms with E-state index in [1.807, 2.05) is 44.2 Å². The van der Waals surface area contributed by atoms with Gasteiger partial charge in [-0.15, -0.1) is 0 Å². The minimum absolute atomic E-state index is 0.235. The molecule has 3 aromatic rings. The fourth-order valence-corrected chi connectivity index (χ4v) is 4.27. The summed E-state index contributed by atoms with van der Waals surface area (Å²) >= 11 is 0. The van der Waals surface area contributed by atoms with Crippen LogP contribution in [-0.2, 0) is 12.1 Å². The second-order valence-electron chi connectivity index (χ2n) is 7.43. The van der Waals surface area contributed by atoms with Crippen LogP contribution in [0.2, 0.25) is 0 Å². The normalized spacial score (nSPS) is 19.3. The average Bonchev–Trinajstić information content (AvgIpc) is 2.97. The Balaban J connectivity index is 1.78. The molecule has 140 valence electrons. The van der Waals surface area contributed by atoms with Crippen molar-refractivity contribution in [1.82, 2.24) is 14.9 Å². The molecule has 1 amide bonds. The number of rotatable bonds is 1. The lowest BCUT2D eigenvalue weighted by Crippen LogP contribution is -2.46. The number of amides is 1. The Bertz CT molecular complexity index is 1220. The molecule has 2 aliphatic rings. The zero-order chi connectivity index (χ0) is 19.6. The summed E-state index contributed by atoms with van der Waals surface area (Å²) in [5.41, 5.74) is 9.68. The monoisotopic (exact) mass is 373 g/mol. The highest BCUT2D eigenvalue weighted by Gasteiger charge is 2.44. The third-order valence-corrected chi connectivity index (χ3v) is 5.74. The van der Waals surface area contributed by atoms with Gasteiger partial charge in [0.15, 0.2) is 0 Å². The van der Waals surface area contributed by atoms with Gasteiger partial charge in [-0.05, 0) is 36.1 Å². The van der Waals surface area contributed by atoms with Crippen LogP contribution >= 0.6 is 0 Å². The second kappa shape index (κ2) is 5.45. The van der Waals surface area contributed by atoms with E-state index in [-0.39, 0.29) is 11.5 Å². The number of benzene rings is 1. The lowest BCUT2D eigenvalue weighted by Gasteiger charge is -2.30. The van der Waals surface area contributed by atoms with Gasteiger partial charge in [0.1, 0.15) is 22.9 Å². The molecule has 0 saturated carbocycles. The van der Waals surface area contributed by atoms with E-state index in [0.29, 0.717) is 23.6 Å². The highest BCUT2D eigenvalue weighted by atomic mass is 16.2. The first-order chi connectivity index (χ1) is 13.4. The lowest BCUT2D eigenvalue weighted by atomic mass is 9.94. The van der Waals surface area contributed by atoms with Crippen molar-refractivity contribution in [2.45, 2.75) is 25.9 Å². The van der Waals surface area contributed by atoms with E-state index in [2.05, 4.69) is 15.6 Å². The van der Waals surface area contributed by atoms with Crippen LogP contribution in [0.1, 0.15) is 39.7 Å². The van der Waals surface area contributed by atoms with Crippen LogP contribution in [0.5, 0.6) is 0 Å². The van der Waals surface area contributed by atoms with E-state index in [1.165, 1.54) is 0 Å². The van der Waals surface area contributed by atoms with Gasteiger partial charge >= 0.3 is 0 Å². The topological polar surface area (TPSA) is 102 Å². The zero-order valence-corrected chi connectivity index (χ0v) is 15.5. The number of nitrogens with two attached hydrogens (primary N) is 1. The molecule has 4 N–H and O–H groups in total. The predicted octanol–water partition coefficient (Wildman–Crippen LogP) is 2.25. The molecule has 0 aliphatic carbocycles. The average molecular weight is 373 g/mol. The molecular weight excluding hydrogens is 354 g/mol. The maximum atomic E-state index is 13.5. The SMILES string of the molecule is Cc1c2c(c(=O)n3c1C(=O)NC3(C)c1ccccc1)Nc1cc(N)ncc1C2. The summed E-state index contributed by atoms with van der Waals surface area (Å²) < 4.78 is 1.57. The Hall–Kier alpha value is -3.61. The van der Waals surface area contributed by atoms with Crippen molar-refractivity contribution in [1.29, 1.82) is 0 Å². The highest BCUT2D eigenvalue weighted by molar-refractivity contribution is 5.98. The van der Waals surface area contributed by atoms with Crippen molar-refractivity contribution in [3.63, 3.8) is 0 Å². The molecular formula is C21H19N5O2. The molecule has 0 saturated heterocycles. The zero-order valence-electron chi connectivity index (χ0n) is 15.5. The number of nitrogen functional groups attached to an aromatic ring is 1. The van der Waals surface area contributed by atoms with E-state index in [9.17, 15) is 9.59 Å². The number of fused-ring (bicyclic) bond motifs is 3. The van der Waals surface area contributed by atoms with E-state index in [4.69, 9.17) is 5.73 Å². The summed E-state index contributed by atoms with van der Waals surface area (Å²) in [4.78, 5) is 30.6. The number of hydrogen-bond acceptors (Lipinski definition) is 5. The number of carbonyl (C=O) groups excluding carboxylic acids is 1. The first kappa shape index (κ1) is 16.6. The number of aromatic nitrogens is 2. The molecule has 7 nitrogen and oxygen atoms in total. The molecule has 0 radical (unpaired) electrons. The van der Waals surface area contributed by atoms with Gasteiger partial charge in [-0.25, -0.2) is 4.98 Å². The van der Waals surface area contributed by atoms with Crippen LogP contribution in [0.25, 0.3) is 0 Å². The Morgan fingerprint density at radius 2 is 1.96 bits per heavy atom. The Labute approximate surface area is 161 Å². The molecule has 1 aromatic carbocycles. The first-order valence-corrected chi connectivity index (χ1v) is 9.08. The smallest absolute Gasteiger partial charge is 0.277 e. The quantitative estimate of drug-likeness (QED) is 0.475. The second-order valence-corrected chi connectivity index (χ2v) is 7.43. The molecule has 5 rings (SSSR count). The number of hydrogen-bond donors (Lipinski definition) is 3. The summed E-state index contributed by atoms with van der Waals surface area (Å²) in [6.45, 7) is 3.74. The lowest BCUT2D eigenvalue weighted by molar-refractivity contribution is 0.0941. The highest BCUT2D eigenvalue weighted by Crippen LogP contribution is 2.37. The van der Waals surface area contributed by atoms with Crippen molar-refractivity contribution >= 4 is 23.1 Å². The summed E-state index contributed by atoms with van der Waals surface area (Å²) in [5, 5.41) is 6.24. The van der Waals surface area contributed by atoms with Crippen LogP contribution in [0.4, 0.5) is 17.2 Å². The van der Waals surface area contributed by atoms with Crippen molar-refractivity contribution in [3.8, 4) is 0 Å². The maximum Gasteiger partial charge on any atom is 0.277 e. The molecule has 28 heavy (non-hydrogen) atoms. The molecule has 1 unspecified atom stereocenters. The van der Waals surface area contributed by atoms with E-state index in [0.717, 1.165) is 27.9 Å². The molecule has 4 heterocycles. The number of nitrogens with one attached hydrogen (secondary N) is 2. The van der Waals surface area contributed by atoms with Crippen molar-refractivity contribution in [2.75, 3.05) is 11.1 Å². The van der Waals surface area contributed by atoms with Gasteiger partial charge < -0.3 is 16.4 Å². The molecule has 7 heteroatoms. The van der Waals surface area contributed by atoms with Gasteiger partial charge in [0.2, 0.25) is 0 Å². The van der Waals surface area contributed by atoms with E-state index < -0.39 is 5.66 Å². The van der Waals surface area contributed by atoms with Crippen molar-refractivity contribution < 1.29 is 4.79 Å². The van der Waals surface area contributed by atoms with Crippen LogP contribution < -0.4 is 21.9 Å². The fraction of sp³-hybridized carbons (Fsp3) is 0.190. The maximum absolute atomic E-state index is 13.5. The van der Waals surface area contributed by atoms with Crippen LogP contribution in [0.15, 0.2) is 47.4 Å². The number of carbonyl (C=O) groups is 1. The number of anilines is 3. The fourth-order valence-electron chi connectivity index (χ4n) is 4.27. The standard InChI is InChI=1S/C21H19N5O2/c1-11-14-8-12-10-23-16(22)9-15(12)24-17(14)20(28)26-18(11)19(27)25-21(26,2)13-6-4-3-5-7-13/h3-7,9-10,24H,8H2,1-2H3,(H2,22,23)(H,25,27). The Kier molecular flexibility index (Phi) is 3.22. The predicted molar refractivity (Wildman–Crippen MR) is 107 cm³/mol. The van der Waals surface area contributed by atoms with Gasteiger partial charge in [0.05, 0.1) is 0 Å². The van der Waals surface area contributed by atoms with Crippen LogP contribution in [0, 0.1) is 6.92 Å². The van der Waals surface area contributed by atoms with E-state index >= 15 is 0 Å². The van der Waals surface area contributed by atoms with Crippen LogP contribution in [0.3, 0.4) is 0 Å². The summed E-state index contributed by atoms with van der Waals surface area (Å²) in [5.74, 6) is 0.142. The first-order valence-electron chi connectivity index (χ1n) is 9.08. The largest absolute Gasteiger partial charge is 0.384 e. The third-order valence-electron chi connectivity index (χ3n) is 5.74. The minimum atomic E-state index is -0.955. The molecule has 0 bridgehead atoms. The molecule has 2 aromatic heterocycles. The molecule has 2 aliphatic heterocycles. The Morgan fingerprint density at radius 1 is 1.21 bits per heavy atom. The number of nitrogens with zero attached hydrogens (tertiary/aromatic N) is 2. The van der Waals surface area contributed by atoms with Crippen molar-refractivity contribution in [3.05, 3.63) is 80.9 Å². The van der Waals surface area contributed by atoms with Gasteiger partial charge in [0.25, 0.3) is 11.5 Å². The summed E-state index contributed by atoms with van der Waals surface area (Å²) in [6.07, 6.45) is 2.23. The molecule has 0 spiro atoms. The minimum Gasteiger partial charge on any atom is -0.384 e. The van der Waals surface area contributed by atoms with Gasteiger partial charge in [-0.1, -0.05) is 30.3 Å². The Morgan fingerprint density at radius 3 is 2.71 bits per heavy atom. The molecule has 0 fully saturated rings. The van der Waals surface area contributed by atoms with E-state index in [1.54, 1.807) is 16.8 Å². The van der Waals surface area contributed by atoms with Crippen LogP contribution in [-0.4, -0.2) is 15.5 Å². The van der Waals surface area contributed by atoms with Gasteiger partial charge in [0, 0.05) is 24.4 Å². The number of pyridine rings is 2. The van der Waals surface area contributed by atoms with Gasteiger partial charge in [-0.3, -0.25) is 14.2 Å². The summed E-state index contributed by atoms with van der Waals surface area (Å²) in [6, 6.07) is 11.2.